The molecule has 0 saturated heterocycles. The molecule has 0 bridgehead atoms. The fraction of sp³-hybridized carbons (Fsp3) is 0.370. The van der Waals surface area contributed by atoms with Gasteiger partial charge < -0.3 is 15.2 Å². The van der Waals surface area contributed by atoms with Gasteiger partial charge in [-0.1, -0.05) is 0 Å². The van der Waals surface area contributed by atoms with E-state index in [2.05, 4.69) is 25.7 Å². The van der Waals surface area contributed by atoms with Gasteiger partial charge in [0.2, 0.25) is 0 Å². The molecule has 3 atom stereocenters. The molecule has 0 amide bonds. The number of pyridine rings is 1. The number of rotatable bonds is 10. The van der Waals surface area contributed by atoms with E-state index >= 15 is 4.39 Å². The molecule has 1 unspecified atom stereocenters. The van der Waals surface area contributed by atoms with Crippen molar-refractivity contribution < 1.29 is 30.7 Å². The van der Waals surface area contributed by atoms with E-state index in [1.54, 1.807) is 18.1 Å². The van der Waals surface area contributed by atoms with Gasteiger partial charge in [-0.25, -0.2) is 32.6 Å². The molecule has 0 aliphatic heterocycles. The lowest BCUT2D eigenvalue weighted by atomic mass is 10.1. The van der Waals surface area contributed by atoms with E-state index in [9.17, 15) is 35.9 Å². The molecule has 1 fully saturated rings. The summed E-state index contributed by atoms with van der Waals surface area (Å²) in [7, 11) is 0. The van der Waals surface area contributed by atoms with Gasteiger partial charge in [-0.2, -0.15) is 18.3 Å². The zero-order chi connectivity index (χ0) is 31.1. The van der Waals surface area contributed by atoms with Gasteiger partial charge in [0.15, 0.2) is 5.82 Å². The first kappa shape index (κ1) is 30.0. The fourth-order valence-electron chi connectivity index (χ4n) is 4.63. The van der Waals surface area contributed by atoms with Crippen LogP contribution in [0.15, 0.2) is 46.4 Å². The molecule has 1 saturated carbocycles. The van der Waals surface area contributed by atoms with Crippen LogP contribution in [0.25, 0.3) is 22.2 Å². The molecule has 1 aromatic carbocycles. The molecule has 43 heavy (non-hydrogen) atoms. The van der Waals surface area contributed by atoms with Crippen LogP contribution in [0.5, 0.6) is 0 Å². The average molecular weight is 612 g/mol. The van der Waals surface area contributed by atoms with E-state index in [-0.39, 0.29) is 35.6 Å². The second-order valence-electron chi connectivity index (χ2n) is 10.2. The molecule has 3 N–H and O–H groups in total. The fourth-order valence-corrected chi connectivity index (χ4v) is 4.63. The molecule has 4 aromatic rings. The molecule has 1 aliphatic rings. The lowest BCUT2D eigenvalue weighted by Crippen LogP contribution is -2.27. The van der Waals surface area contributed by atoms with Gasteiger partial charge in [0, 0.05) is 31.4 Å². The smallest absolute Gasteiger partial charge is 0.381 e. The first-order valence-corrected chi connectivity index (χ1v) is 13.1. The van der Waals surface area contributed by atoms with Crippen LogP contribution >= 0.6 is 0 Å². The maximum Gasteiger partial charge on any atom is 0.423 e. The number of nitrogens with zero attached hydrogens (tertiary/aromatic N) is 4. The lowest BCUT2D eigenvalue weighted by molar-refractivity contribution is -0.138. The summed E-state index contributed by atoms with van der Waals surface area (Å²) < 4.78 is 96.5. The predicted molar refractivity (Wildman–Crippen MR) is 143 cm³/mol. The van der Waals surface area contributed by atoms with Crippen LogP contribution in [-0.4, -0.2) is 43.0 Å². The Balaban J connectivity index is 1.31. The summed E-state index contributed by atoms with van der Waals surface area (Å²) in [6.07, 6.45) is -5.04. The van der Waals surface area contributed by atoms with Gasteiger partial charge in [-0.15, -0.1) is 0 Å². The normalized spacial score (nSPS) is 17.3. The largest absolute Gasteiger partial charge is 0.423 e. The van der Waals surface area contributed by atoms with E-state index in [4.69, 9.17) is 0 Å². The van der Waals surface area contributed by atoms with Crippen LogP contribution in [0, 0.1) is 5.82 Å². The maximum absolute atomic E-state index is 15.2. The molecule has 0 radical (unpaired) electrons. The number of fused-ring (bicyclic) bond motifs is 1. The zero-order valence-electron chi connectivity index (χ0n) is 22.4. The molecule has 9 nitrogen and oxygen atoms in total. The highest BCUT2D eigenvalue weighted by Gasteiger charge is 2.39. The third kappa shape index (κ3) is 6.46. The topological polar surface area (TPSA) is 118 Å². The third-order valence-electron chi connectivity index (χ3n) is 6.97. The molecule has 228 valence electrons. The molecule has 0 spiro atoms. The number of aromatic nitrogens is 5. The Labute approximate surface area is 238 Å². The van der Waals surface area contributed by atoms with Crippen LogP contribution in [0.2, 0.25) is 0 Å². The highest BCUT2D eigenvalue weighted by Crippen LogP contribution is 2.35. The molecule has 5 rings (SSSR count). The summed E-state index contributed by atoms with van der Waals surface area (Å²) in [6.45, 7) is 1.77. The predicted octanol–water partition coefficient (Wildman–Crippen LogP) is 5.44. The first-order chi connectivity index (χ1) is 20.3. The quantitative estimate of drug-likeness (QED) is 0.205. The Hall–Kier alpha value is -4.50. The number of anilines is 2. The number of alkyl halides is 6. The van der Waals surface area contributed by atoms with E-state index in [1.807, 2.05) is 0 Å². The van der Waals surface area contributed by atoms with Crippen molar-refractivity contribution in [3.63, 3.8) is 0 Å². The van der Waals surface area contributed by atoms with Gasteiger partial charge in [0.1, 0.15) is 23.4 Å². The number of benzene rings is 1. The van der Waals surface area contributed by atoms with Crippen LogP contribution in [0.1, 0.15) is 43.7 Å². The second kappa shape index (κ2) is 11.6. The summed E-state index contributed by atoms with van der Waals surface area (Å²) >= 11 is 0. The minimum atomic E-state index is -4.89. The zero-order valence-corrected chi connectivity index (χ0v) is 22.4. The SMILES string of the molecule is CC(CCCn1ccc2cc(-c3ncc(C(F)F)c(N[C@@H]4C[C@@H]4F)n3)c(F)cc2c1=O)Nc1cn[nH]c(=O)c1C(F)(F)F. The minimum absolute atomic E-state index is 0.0279. The van der Waals surface area contributed by atoms with E-state index < -0.39 is 64.6 Å². The summed E-state index contributed by atoms with van der Waals surface area (Å²) in [5, 5.41) is 10.8. The number of hydrogen-bond donors (Lipinski definition) is 3. The van der Waals surface area contributed by atoms with Gasteiger partial charge in [-0.3, -0.25) is 9.59 Å². The van der Waals surface area contributed by atoms with Crippen molar-refractivity contribution in [3.8, 4) is 11.4 Å². The van der Waals surface area contributed by atoms with Crippen LogP contribution in [0.3, 0.4) is 0 Å². The first-order valence-electron chi connectivity index (χ1n) is 13.1. The Bertz CT molecular complexity index is 1770. The Morgan fingerprint density at radius 2 is 1.93 bits per heavy atom. The van der Waals surface area contributed by atoms with Crippen molar-refractivity contribution in [1.82, 2.24) is 24.7 Å². The number of halogens is 7. The average Bonchev–Trinajstić information content (AvgIpc) is 3.62. The van der Waals surface area contributed by atoms with Crippen LogP contribution in [0.4, 0.5) is 42.2 Å². The summed E-state index contributed by atoms with van der Waals surface area (Å²) in [6, 6.07) is 2.65. The number of hydrogen-bond acceptors (Lipinski definition) is 7. The minimum Gasteiger partial charge on any atom is -0.381 e. The molecule has 1 aliphatic carbocycles. The van der Waals surface area contributed by atoms with Crippen molar-refractivity contribution in [2.45, 2.75) is 63.6 Å². The number of aryl methyl sites for hydroxylation is 1. The lowest BCUT2D eigenvalue weighted by Gasteiger charge is -2.18. The Kier molecular flexibility index (Phi) is 8.12. The van der Waals surface area contributed by atoms with Gasteiger partial charge in [-0.05, 0) is 43.4 Å². The maximum atomic E-state index is 15.2. The summed E-state index contributed by atoms with van der Waals surface area (Å²) in [5.41, 5.74) is -4.45. The second-order valence-corrected chi connectivity index (χ2v) is 10.2. The highest BCUT2D eigenvalue weighted by molar-refractivity contribution is 5.86. The molecule has 16 heteroatoms. The van der Waals surface area contributed by atoms with Crippen LogP contribution < -0.4 is 21.8 Å². The van der Waals surface area contributed by atoms with Crippen molar-refractivity contribution in [2.75, 3.05) is 10.6 Å². The third-order valence-corrected chi connectivity index (χ3v) is 6.97. The van der Waals surface area contributed by atoms with E-state index in [1.165, 1.54) is 16.8 Å². The summed E-state index contributed by atoms with van der Waals surface area (Å²) in [5.74, 6) is -1.40. The number of H-pyrrole nitrogens is 1. The monoisotopic (exact) mass is 611 g/mol. The van der Waals surface area contributed by atoms with Gasteiger partial charge in [0.25, 0.3) is 17.5 Å². The molecular weight excluding hydrogens is 587 g/mol. The van der Waals surface area contributed by atoms with Crippen molar-refractivity contribution in [2.24, 2.45) is 0 Å². The summed E-state index contributed by atoms with van der Waals surface area (Å²) in [4.78, 5) is 32.6. The molecule has 3 heterocycles. The highest BCUT2D eigenvalue weighted by atomic mass is 19.4. The Morgan fingerprint density at radius 3 is 2.60 bits per heavy atom. The van der Waals surface area contributed by atoms with Crippen molar-refractivity contribution in [1.29, 1.82) is 0 Å². The Morgan fingerprint density at radius 1 is 1.19 bits per heavy atom. The van der Waals surface area contributed by atoms with Gasteiger partial charge in [0.05, 0.1) is 34.4 Å². The standard InChI is InChI=1S/C27H24F7N7O2/c1-12(37-20-11-36-40-25(42)21(20)27(32,33)34)3-2-5-41-6-4-13-7-15(17(28)8-14(13)26(41)43)23-35-10-16(22(30)31)24(39-23)38-19-9-18(19)29/h4,6-8,10-12,18-19,22H,2-3,5,9H2,1H3,(H,35,38,39)(H2,37,40,42)/t12?,18-,19+/m0/s1. The van der Waals surface area contributed by atoms with Crippen molar-refractivity contribution in [3.05, 3.63) is 74.4 Å². The van der Waals surface area contributed by atoms with E-state index in [0.717, 1.165) is 18.5 Å². The van der Waals surface area contributed by atoms with E-state index in [0.29, 0.717) is 18.2 Å². The number of nitrogens with one attached hydrogen (secondary N) is 3. The van der Waals surface area contributed by atoms with Crippen LogP contribution in [-0.2, 0) is 12.7 Å². The molecular formula is C27H24F7N7O2. The number of aromatic amines is 1. The van der Waals surface area contributed by atoms with Crippen molar-refractivity contribution >= 4 is 22.3 Å². The molecule has 3 aromatic heterocycles. The van der Waals surface area contributed by atoms with Gasteiger partial charge >= 0.3 is 6.18 Å².